The fourth-order valence-electron chi connectivity index (χ4n) is 1.41. The molecule has 78 valence electrons. The molecule has 0 bridgehead atoms. The quantitative estimate of drug-likeness (QED) is 0.866. The summed E-state index contributed by atoms with van der Waals surface area (Å²) in [6, 6.07) is 6.53. The van der Waals surface area contributed by atoms with Crippen molar-refractivity contribution in [1.82, 2.24) is 4.98 Å². The average molecular weight is 222 g/mol. The molecule has 2 aromatic rings. The van der Waals surface area contributed by atoms with Crippen LogP contribution in [0.5, 0.6) is 0 Å². The Kier molecular flexibility index (Phi) is 3.08. The van der Waals surface area contributed by atoms with Gasteiger partial charge in [0.25, 0.3) is 0 Å². The van der Waals surface area contributed by atoms with Crippen molar-refractivity contribution in [3.05, 3.63) is 52.2 Å². The zero-order valence-corrected chi connectivity index (χ0v) is 8.88. The second kappa shape index (κ2) is 4.51. The van der Waals surface area contributed by atoms with Crippen LogP contribution in [0.3, 0.4) is 0 Å². The smallest absolute Gasteiger partial charge is 0.146 e. The number of nitrogens with two attached hydrogens (primary N) is 1. The number of rotatable bonds is 3. The monoisotopic (exact) mass is 222 g/mol. The van der Waals surface area contributed by atoms with Crippen LogP contribution in [-0.4, -0.2) is 4.98 Å². The molecule has 0 aliphatic rings. The van der Waals surface area contributed by atoms with Gasteiger partial charge < -0.3 is 5.73 Å². The molecule has 15 heavy (non-hydrogen) atoms. The van der Waals surface area contributed by atoms with E-state index >= 15 is 0 Å². The SMILES string of the molecule is NC(Cc1cccs1)c1ncccc1F. The summed E-state index contributed by atoms with van der Waals surface area (Å²) in [4.78, 5) is 5.11. The Labute approximate surface area is 91.6 Å². The maximum Gasteiger partial charge on any atom is 0.146 e. The number of hydrogen-bond acceptors (Lipinski definition) is 3. The second-order valence-corrected chi connectivity index (χ2v) is 4.29. The zero-order valence-electron chi connectivity index (χ0n) is 8.06. The number of nitrogens with zero attached hydrogens (tertiary/aromatic N) is 1. The minimum atomic E-state index is -0.371. The van der Waals surface area contributed by atoms with Gasteiger partial charge >= 0.3 is 0 Å². The fourth-order valence-corrected chi connectivity index (χ4v) is 2.18. The van der Waals surface area contributed by atoms with E-state index in [-0.39, 0.29) is 11.9 Å². The highest BCUT2D eigenvalue weighted by Crippen LogP contribution is 2.19. The van der Waals surface area contributed by atoms with Gasteiger partial charge in [-0.15, -0.1) is 11.3 Å². The molecule has 4 heteroatoms. The zero-order chi connectivity index (χ0) is 10.7. The predicted molar refractivity (Wildman–Crippen MR) is 59.1 cm³/mol. The molecule has 0 amide bonds. The second-order valence-electron chi connectivity index (χ2n) is 3.26. The van der Waals surface area contributed by atoms with E-state index in [4.69, 9.17) is 5.73 Å². The third kappa shape index (κ3) is 2.40. The van der Waals surface area contributed by atoms with Crippen LogP contribution < -0.4 is 5.73 Å². The molecule has 0 aliphatic heterocycles. The van der Waals surface area contributed by atoms with Crippen molar-refractivity contribution >= 4 is 11.3 Å². The normalized spacial score (nSPS) is 12.7. The lowest BCUT2D eigenvalue weighted by molar-refractivity contribution is 0.565. The Bertz CT molecular complexity index is 428. The highest BCUT2D eigenvalue weighted by molar-refractivity contribution is 7.09. The van der Waals surface area contributed by atoms with Crippen molar-refractivity contribution < 1.29 is 4.39 Å². The molecule has 0 spiro atoms. The van der Waals surface area contributed by atoms with E-state index < -0.39 is 0 Å². The topological polar surface area (TPSA) is 38.9 Å². The van der Waals surface area contributed by atoms with Gasteiger partial charge in [-0.1, -0.05) is 6.07 Å². The van der Waals surface area contributed by atoms with Gasteiger partial charge in [-0.05, 0) is 23.6 Å². The van der Waals surface area contributed by atoms with E-state index in [0.29, 0.717) is 12.1 Å². The van der Waals surface area contributed by atoms with Crippen molar-refractivity contribution in [1.29, 1.82) is 0 Å². The first-order valence-corrected chi connectivity index (χ1v) is 5.53. The van der Waals surface area contributed by atoms with Crippen LogP contribution in [0.15, 0.2) is 35.8 Å². The van der Waals surface area contributed by atoms with Gasteiger partial charge in [0.2, 0.25) is 0 Å². The molecule has 2 rings (SSSR count). The minimum absolute atomic E-state index is 0.332. The molecule has 2 N–H and O–H groups in total. The molecule has 2 nitrogen and oxygen atoms in total. The lowest BCUT2D eigenvalue weighted by Gasteiger charge is -2.10. The van der Waals surface area contributed by atoms with Crippen molar-refractivity contribution in [2.24, 2.45) is 5.73 Å². The summed E-state index contributed by atoms with van der Waals surface area (Å²) in [7, 11) is 0. The van der Waals surface area contributed by atoms with Gasteiger partial charge in [0, 0.05) is 17.5 Å². The van der Waals surface area contributed by atoms with Crippen LogP contribution >= 0.6 is 11.3 Å². The number of halogens is 1. The highest BCUT2D eigenvalue weighted by atomic mass is 32.1. The van der Waals surface area contributed by atoms with Crippen LogP contribution in [0, 0.1) is 5.82 Å². The van der Waals surface area contributed by atoms with E-state index in [1.54, 1.807) is 23.6 Å². The number of aromatic nitrogens is 1. The van der Waals surface area contributed by atoms with Gasteiger partial charge in [0.15, 0.2) is 0 Å². The lowest BCUT2D eigenvalue weighted by Crippen LogP contribution is -2.16. The summed E-state index contributed by atoms with van der Waals surface area (Å²) in [6.45, 7) is 0. The van der Waals surface area contributed by atoms with Crippen LogP contribution in [0.2, 0.25) is 0 Å². The Morgan fingerprint density at radius 1 is 1.40 bits per heavy atom. The summed E-state index contributed by atoms with van der Waals surface area (Å²) >= 11 is 1.62. The van der Waals surface area contributed by atoms with Crippen molar-refractivity contribution in [3.63, 3.8) is 0 Å². The van der Waals surface area contributed by atoms with Gasteiger partial charge in [0.05, 0.1) is 11.7 Å². The number of pyridine rings is 1. The maximum absolute atomic E-state index is 13.3. The largest absolute Gasteiger partial charge is 0.322 e. The Morgan fingerprint density at radius 2 is 2.27 bits per heavy atom. The minimum Gasteiger partial charge on any atom is -0.322 e. The summed E-state index contributed by atoms with van der Waals surface area (Å²) in [6.07, 6.45) is 2.19. The third-order valence-electron chi connectivity index (χ3n) is 2.14. The first-order chi connectivity index (χ1) is 7.27. The Morgan fingerprint density at radius 3 is 2.93 bits per heavy atom. The van der Waals surface area contributed by atoms with Gasteiger partial charge in [-0.2, -0.15) is 0 Å². The summed E-state index contributed by atoms with van der Waals surface area (Å²) < 4.78 is 13.3. The van der Waals surface area contributed by atoms with Crippen molar-refractivity contribution in [3.8, 4) is 0 Å². The number of hydrogen-bond donors (Lipinski definition) is 1. The van der Waals surface area contributed by atoms with Crippen LogP contribution in [0.25, 0.3) is 0 Å². The van der Waals surface area contributed by atoms with Gasteiger partial charge in [-0.3, -0.25) is 4.98 Å². The van der Waals surface area contributed by atoms with Crippen molar-refractivity contribution in [2.75, 3.05) is 0 Å². The van der Waals surface area contributed by atoms with Gasteiger partial charge in [-0.25, -0.2) is 4.39 Å². The van der Waals surface area contributed by atoms with E-state index in [9.17, 15) is 4.39 Å². The molecule has 0 radical (unpaired) electrons. The van der Waals surface area contributed by atoms with Crippen LogP contribution in [0.4, 0.5) is 4.39 Å². The Balaban J connectivity index is 2.15. The summed E-state index contributed by atoms with van der Waals surface area (Å²) in [5.74, 6) is -0.332. The van der Waals surface area contributed by atoms with E-state index in [0.717, 1.165) is 4.88 Å². The first-order valence-electron chi connectivity index (χ1n) is 4.66. The fraction of sp³-hybridized carbons (Fsp3) is 0.182. The Hall–Kier alpha value is -1.26. The number of thiophene rings is 1. The first kappa shape index (κ1) is 10.3. The van der Waals surface area contributed by atoms with E-state index in [2.05, 4.69) is 4.98 Å². The molecule has 0 aromatic carbocycles. The molecule has 2 aromatic heterocycles. The van der Waals surface area contributed by atoms with Gasteiger partial charge in [0.1, 0.15) is 5.82 Å². The average Bonchev–Trinajstić information content (AvgIpc) is 2.71. The molecule has 0 saturated heterocycles. The molecule has 0 fully saturated rings. The summed E-state index contributed by atoms with van der Waals surface area (Å²) in [5.41, 5.74) is 6.23. The molecule has 2 heterocycles. The molecule has 1 unspecified atom stereocenters. The molecular formula is C11H11FN2S. The third-order valence-corrected chi connectivity index (χ3v) is 3.04. The maximum atomic E-state index is 13.3. The summed E-state index contributed by atoms with van der Waals surface area (Å²) in [5, 5.41) is 1.98. The van der Waals surface area contributed by atoms with E-state index in [1.807, 2.05) is 17.5 Å². The molecule has 0 aliphatic carbocycles. The lowest BCUT2D eigenvalue weighted by atomic mass is 10.1. The standard InChI is InChI=1S/C11H11FN2S/c12-9-4-1-5-14-11(9)10(13)7-8-3-2-6-15-8/h1-6,10H,7,13H2. The van der Waals surface area contributed by atoms with Crippen LogP contribution in [0.1, 0.15) is 16.6 Å². The molecular weight excluding hydrogens is 211 g/mol. The van der Waals surface area contributed by atoms with E-state index in [1.165, 1.54) is 6.07 Å². The molecule has 1 atom stereocenters. The highest BCUT2D eigenvalue weighted by Gasteiger charge is 2.13. The van der Waals surface area contributed by atoms with Crippen LogP contribution in [-0.2, 0) is 6.42 Å². The molecule has 0 saturated carbocycles. The van der Waals surface area contributed by atoms with Crippen molar-refractivity contribution in [2.45, 2.75) is 12.5 Å². The predicted octanol–water partition coefficient (Wildman–Crippen LogP) is 2.52.